The molecule has 0 saturated carbocycles. The van der Waals surface area contributed by atoms with Crippen LogP contribution in [0.4, 0.5) is 29.0 Å². The molecule has 0 amide bonds. The highest BCUT2D eigenvalue weighted by Crippen LogP contribution is 2.24. The van der Waals surface area contributed by atoms with E-state index in [-0.39, 0.29) is 17.4 Å². The Morgan fingerprint density at radius 1 is 0.739 bits per heavy atom. The lowest BCUT2D eigenvalue weighted by Gasteiger charge is -2.10. The zero-order valence-electron chi connectivity index (χ0n) is 12.1. The van der Waals surface area contributed by atoms with Gasteiger partial charge in [-0.15, -0.1) is 0 Å². The number of aromatic hydroxyl groups is 2. The maximum Gasteiger partial charge on any atom is 0.223 e. The van der Waals surface area contributed by atoms with Crippen molar-refractivity contribution in [3.8, 4) is 11.5 Å². The number of nitrogens with zero attached hydrogens (tertiary/aromatic N) is 2. The highest BCUT2D eigenvalue weighted by atomic mass is 16.3. The van der Waals surface area contributed by atoms with E-state index in [9.17, 15) is 10.2 Å². The van der Waals surface area contributed by atoms with Crippen molar-refractivity contribution in [3.05, 3.63) is 54.6 Å². The van der Waals surface area contributed by atoms with Gasteiger partial charge in [0.25, 0.3) is 0 Å². The van der Waals surface area contributed by atoms with E-state index in [4.69, 9.17) is 5.73 Å². The average molecular weight is 309 g/mol. The molecule has 0 aliphatic rings. The van der Waals surface area contributed by atoms with Crippen molar-refractivity contribution in [2.24, 2.45) is 0 Å². The molecule has 0 unspecified atom stereocenters. The monoisotopic (exact) mass is 309 g/mol. The number of hydrogen-bond donors (Lipinski definition) is 5. The molecule has 7 nitrogen and oxygen atoms in total. The average Bonchev–Trinajstić information content (AvgIpc) is 2.46. The van der Waals surface area contributed by atoms with E-state index in [2.05, 4.69) is 20.6 Å². The third-order valence-corrected chi connectivity index (χ3v) is 2.98. The maximum absolute atomic E-state index is 9.49. The molecule has 116 valence electrons. The predicted molar refractivity (Wildman–Crippen MR) is 89.2 cm³/mol. The molecule has 2 aromatic carbocycles. The van der Waals surface area contributed by atoms with E-state index in [1.807, 2.05) is 0 Å². The molecule has 0 bridgehead atoms. The second kappa shape index (κ2) is 6.10. The minimum absolute atomic E-state index is 0.0952. The van der Waals surface area contributed by atoms with Gasteiger partial charge in [0.05, 0.1) is 0 Å². The van der Waals surface area contributed by atoms with E-state index < -0.39 is 0 Å². The summed E-state index contributed by atoms with van der Waals surface area (Å²) in [6, 6.07) is 15.0. The van der Waals surface area contributed by atoms with Gasteiger partial charge in [0.2, 0.25) is 5.95 Å². The van der Waals surface area contributed by atoms with Crippen LogP contribution in [0.15, 0.2) is 54.6 Å². The molecule has 0 spiro atoms. The molecule has 23 heavy (non-hydrogen) atoms. The molecule has 3 aromatic rings. The van der Waals surface area contributed by atoms with Crippen LogP contribution in [0.25, 0.3) is 0 Å². The highest BCUT2D eigenvalue weighted by Gasteiger charge is 2.04. The predicted octanol–water partition coefficient (Wildman–Crippen LogP) is 2.96. The first kappa shape index (κ1) is 14.5. The lowest BCUT2D eigenvalue weighted by atomic mass is 10.3. The Morgan fingerprint density at radius 2 is 1.22 bits per heavy atom. The number of benzene rings is 2. The zero-order chi connectivity index (χ0) is 16.2. The number of phenols is 2. The molecule has 0 atom stereocenters. The quantitative estimate of drug-likeness (QED) is 0.503. The summed E-state index contributed by atoms with van der Waals surface area (Å²) < 4.78 is 0. The number of rotatable bonds is 4. The van der Waals surface area contributed by atoms with Crippen LogP contribution < -0.4 is 16.4 Å². The fourth-order valence-electron chi connectivity index (χ4n) is 2.06. The Kier molecular flexibility index (Phi) is 3.84. The van der Waals surface area contributed by atoms with Gasteiger partial charge in [0.1, 0.15) is 23.1 Å². The molecule has 0 radical (unpaired) electrons. The first-order valence-corrected chi connectivity index (χ1v) is 6.85. The second-order valence-electron chi connectivity index (χ2n) is 4.85. The first-order valence-electron chi connectivity index (χ1n) is 6.85. The second-order valence-corrected chi connectivity index (χ2v) is 4.85. The van der Waals surface area contributed by atoms with Crippen LogP contribution in [0.2, 0.25) is 0 Å². The summed E-state index contributed by atoms with van der Waals surface area (Å²) in [4.78, 5) is 8.21. The lowest BCUT2D eigenvalue weighted by molar-refractivity contribution is 0.475. The largest absolute Gasteiger partial charge is 0.508 e. The number of nitrogen functional groups attached to an aromatic ring is 1. The number of nitrogens with two attached hydrogens (primary N) is 1. The molecular formula is C16H15N5O2. The normalized spacial score (nSPS) is 10.3. The summed E-state index contributed by atoms with van der Waals surface area (Å²) >= 11 is 0. The van der Waals surface area contributed by atoms with Crippen LogP contribution >= 0.6 is 0 Å². The SMILES string of the molecule is Nc1nc(Nc2cccc(O)c2)cc(Nc2cccc(O)c2)n1. The van der Waals surface area contributed by atoms with Gasteiger partial charge in [-0.2, -0.15) is 9.97 Å². The Labute approximate surface area is 132 Å². The third-order valence-electron chi connectivity index (χ3n) is 2.98. The molecule has 0 aliphatic carbocycles. The molecule has 0 fully saturated rings. The first-order chi connectivity index (χ1) is 11.1. The van der Waals surface area contributed by atoms with Crippen molar-refractivity contribution >= 4 is 29.0 Å². The topological polar surface area (TPSA) is 116 Å². The summed E-state index contributed by atoms with van der Waals surface area (Å²) in [7, 11) is 0. The van der Waals surface area contributed by atoms with Crippen molar-refractivity contribution in [1.82, 2.24) is 9.97 Å². The smallest absolute Gasteiger partial charge is 0.223 e. The summed E-state index contributed by atoms with van der Waals surface area (Å²) in [6.07, 6.45) is 0. The van der Waals surface area contributed by atoms with Crippen molar-refractivity contribution < 1.29 is 10.2 Å². The van der Waals surface area contributed by atoms with E-state index >= 15 is 0 Å². The maximum atomic E-state index is 9.49. The van der Waals surface area contributed by atoms with E-state index in [0.717, 1.165) is 0 Å². The molecule has 0 aliphatic heterocycles. The van der Waals surface area contributed by atoms with Gasteiger partial charge in [-0.05, 0) is 24.3 Å². The summed E-state index contributed by atoms with van der Waals surface area (Å²) in [5.41, 5.74) is 7.07. The lowest BCUT2D eigenvalue weighted by Crippen LogP contribution is -2.03. The number of nitrogens with one attached hydrogen (secondary N) is 2. The van der Waals surface area contributed by atoms with Gasteiger partial charge >= 0.3 is 0 Å². The molecule has 0 saturated heterocycles. The summed E-state index contributed by atoms with van der Waals surface area (Å²) in [5, 5.41) is 25.1. The minimum Gasteiger partial charge on any atom is -0.508 e. The van der Waals surface area contributed by atoms with E-state index in [1.165, 1.54) is 0 Å². The summed E-state index contributed by atoms with van der Waals surface area (Å²) in [5.74, 6) is 1.35. The molecule has 7 heteroatoms. The van der Waals surface area contributed by atoms with E-state index in [1.54, 1.807) is 54.6 Å². The highest BCUT2D eigenvalue weighted by molar-refractivity contribution is 5.65. The van der Waals surface area contributed by atoms with Crippen LogP contribution in [0.1, 0.15) is 0 Å². The number of aromatic nitrogens is 2. The van der Waals surface area contributed by atoms with Gasteiger partial charge in [-0.25, -0.2) is 0 Å². The number of phenolic OH excluding ortho intramolecular Hbond substituents is 2. The molecule has 3 rings (SSSR count). The van der Waals surface area contributed by atoms with Gasteiger partial charge in [0, 0.05) is 29.6 Å². The van der Waals surface area contributed by atoms with Crippen LogP contribution in [0.3, 0.4) is 0 Å². The van der Waals surface area contributed by atoms with Gasteiger partial charge in [-0.3, -0.25) is 0 Å². The molecule has 1 heterocycles. The Balaban J connectivity index is 1.84. The standard InChI is InChI=1S/C16H15N5O2/c17-16-20-14(18-10-3-1-5-12(22)7-10)9-15(21-16)19-11-4-2-6-13(23)8-11/h1-9,22-23H,(H4,17,18,19,20,21). The van der Waals surface area contributed by atoms with Crippen LogP contribution in [0.5, 0.6) is 11.5 Å². The van der Waals surface area contributed by atoms with Crippen molar-refractivity contribution in [3.63, 3.8) is 0 Å². The van der Waals surface area contributed by atoms with Crippen LogP contribution in [-0.2, 0) is 0 Å². The van der Waals surface area contributed by atoms with Gasteiger partial charge in [-0.1, -0.05) is 12.1 Å². The van der Waals surface area contributed by atoms with Crippen molar-refractivity contribution in [2.75, 3.05) is 16.4 Å². The third kappa shape index (κ3) is 3.79. The van der Waals surface area contributed by atoms with E-state index in [0.29, 0.717) is 23.0 Å². The van der Waals surface area contributed by atoms with Crippen molar-refractivity contribution in [1.29, 1.82) is 0 Å². The Hall–Kier alpha value is -3.48. The van der Waals surface area contributed by atoms with Crippen LogP contribution in [0, 0.1) is 0 Å². The Morgan fingerprint density at radius 3 is 1.65 bits per heavy atom. The summed E-state index contributed by atoms with van der Waals surface area (Å²) in [6.45, 7) is 0. The van der Waals surface area contributed by atoms with Gasteiger partial charge in [0.15, 0.2) is 0 Å². The molecular weight excluding hydrogens is 294 g/mol. The van der Waals surface area contributed by atoms with Gasteiger partial charge < -0.3 is 26.6 Å². The Bertz CT molecular complexity index is 772. The fourth-order valence-corrected chi connectivity index (χ4v) is 2.06. The van der Waals surface area contributed by atoms with Crippen LogP contribution in [-0.4, -0.2) is 20.2 Å². The molecule has 6 N–H and O–H groups in total. The number of anilines is 5. The number of hydrogen-bond acceptors (Lipinski definition) is 7. The van der Waals surface area contributed by atoms with Crippen molar-refractivity contribution in [2.45, 2.75) is 0 Å². The minimum atomic E-state index is 0.0952. The zero-order valence-corrected chi connectivity index (χ0v) is 12.1. The molecule has 1 aromatic heterocycles. The fraction of sp³-hybridized carbons (Fsp3) is 0.